The molecule has 1 fully saturated rings. The molecule has 0 unspecified atom stereocenters. The van der Waals surface area contributed by atoms with Crippen LogP contribution in [-0.2, 0) is 0 Å². The Morgan fingerprint density at radius 1 is 1.26 bits per heavy atom. The number of ether oxygens (including phenoxy) is 1. The third-order valence-corrected chi connectivity index (χ3v) is 3.91. The van der Waals surface area contributed by atoms with Gasteiger partial charge in [0.1, 0.15) is 11.6 Å². The van der Waals surface area contributed by atoms with E-state index in [1.54, 1.807) is 0 Å². The average molecular weight is 264 g/mol. The minimum Gasteiger partial charge on any atom is -0.496 e. The van der Waals surface area contributed by atoms with E-state index in [0.29, 0.717) is 23.7 Å². The van der Waals surface area contributed by atoms with E-state index in [4.69, 9.17) is 4.74 Å². The molecule has 3 heteroatoms. The van der Waals surface area contributed by atoms with E-state index in [9.17, 15) is 9.18 Å². The van der Waals surface area contributed by atoms with Crippen molar-refractivity contribution in [3.05, 3.63) is 29.6 Å². The Labute approximate surface area is 114 Å². The van der Waals surface area contributed by atoms with Crippen LogP contribution in [0.1, 0.15) is 55.3 Å². The van der Waals surface area contributed by atoms with Crippen LogP contribution in [0.3, 0.4) is 0 Å². The zero-order chi connectivity index (χ0) is 13.7. The molecule has 0 heterocycles. The van der Waals surface area contributed by atoms with Gasteiger partial charge in [0.2, 0.25) is 0 Å². The molecule has 19 heavy (non-hydrogen) atoms. The van der Waals surface area contributed by atoms with E-state index in [1.807, 2.05) is 0 Å². The second-order valence-corrected chi connectivity index (χ2v) is 5.33. The van der Waals surface area contributed by atoms with E-state index < -0.39 is 0 Å². The van der Waals surface area contributed by atoms with Crippen LogP contribution in [0.2, 0.25) is 0 Å². The first-order valence-electron chi connectivity index (χ1n) is 7.07. The van der Waals surface area contributed by atoms with Gasteiger partial charge in [0.25, 0.3) is 0 Å². The van der Waals surface area contributed by atoms with Gasteiger partial charge in [-0.05, 0) is 24.1 Å². The molecule has 1 saturated carbocycles. The zero-order valence-corrected chi connectivity index (χ0v) is 11.5. The monoisotopic (exact) mass is 264 g/mol. The van der Waals surface area contributed by atoms with Crippen LogP contribution in [0.25, 0.3) is 0 Å². The molecule has 104 valence electrons. The second-order valence-electron chi connectivity index (χ2n) is 5.33. The summed E-state index contributed by atoms with van der Waals surface area (Å²) in [5.74, 6) is 0.538. The summed E-state index contributed by atoms with van der Waals surface area (Å²) >= 11 is 0. The number of methoxy groups -OCH3 is 1. The lowest BCUT2D eigenvalue weighted by Gasteiger charge is -2.14. The molecule has 1 aromatic carbocycles. The van der Waals surface area contributed by atoms with Gasteiger partial charge in [-0.1, -0.05) is 38.5 Å². The minimum atomic E-state index is -0.384. The maximum atomic E-state index is 13.3. The van der Waals surface area contributed by atoms with Crippen LogP contribution in [0.15, 0.2) is 18.2 Å². The van der Waals surface area contributed by atoms with Gasteiger partial charge >= 0.3 is 0 Å². The molecule has 1 aromatic rings. The van der Waals surface area contributed by atoms with Crippen molar-refractivity contribution >= 4 is 5.78 Å². The highest BCUT2D eigenvalue weighted by molar-refractivity contribution is 5.98. The Kier molecular flexibility index (Phi) is 4.94. The summed E-state index contributed by atoms with van der Waals surface area (Å²) in [4.78, 5) is 12.3. The summed E-state index contributed by atoms with van der Waals surface area (Å²) in [5.41, 5.74) is 0.381. The summed E-state index contributed by atoms with van der Waals surface area (Å²) in [7, 11) is 1.51. The number of rotatable bonds is 4. The number of carbonyl (C=O) groups excluding carboxylic acids is 1. The van der Waals surface area contributed by atoms with Gasteiger partial charge in [-0.25, -0.2) is 4.39 Å². The molecule has 1 aliphatic carbocycles. The van der Waals surface area contributed by atoms with Crippen molar-refractivity contribution in [1.82, 2.24) is 0 Å². The second kappa shape index (κ2) is 6.69. The van der Waals surface area contributed by atoms with Gasteiger partial charge in [0.05, 0.1) is 12.7 Å². The van der Waals surface area contributed by atoms with Gasteiger partial charge in [-0.2, -0.15) is 0 Å². The van der Waals surface area contributed by atoms with E-state index in [0.717, 1.165) is 12.8 Å². The van der Waals surface area contributed by atoms with Crippen molar-refractivity contribution in [3.8, 4) is 5.75 Å². The first-order valence-corrected chi connectivity index (χ1v) is 7.07. The number of ketones is 1. The molecule has 0 atom stereocenters. The van der Waals surface area contributed by atoms with Crippen LogP contribution < -0.4 is 4.74 Å². The first kappa shape index (κ1) is 14.0. The normalized spacial score (nSPS) is 16.9. The fourth-order valence-electron chi connectivity index (χ4n) is 2.84. The lowest BCUT2D eigenvalue weighted by atomic mass is 9.92. The predicted molar refractivity (Wildman–Crippen MR) is 73.1 cm³/mol. The molecule has 1 aliphatic rings. The van der Waals surface area contributed by atoms with Crippen LogP contribution >= 0.6 is 0 Å². The standard InChI is InChI=1S/C16H21FO2/c1-19-16-9-8-13(17)11-14(16)15(18)10-12-6-4-2-3-5-7-12/h8-9,11-12H,2-7,10H2,1H3. The molecule has 0 radical (unpaired) electrons. The molecule has 0 aliphatic heterocycles. The maximum absolute atomic E-state index is 13.3. The number of halogens is 1. The topological polar surface area (TPSA) is 26.3 Å². The van der Waals surface area contributed by atoms with Gasteiger partial charge in [0.15, 0.2) is 5.78 Å². The molecule has 0 bridgehead atoms. The maximum Gasteiger partial charge on any atom is 0.166 e. The molecule has 0 aromatic heterocycles. The van der Waals surface area contributed by atoms with Crippen LogP contribution in [0.5, 0.6) is 5.75 Å². The van der Waals surface area contributed by atoms with E-state index in [2.05, 4.69) is 0 Å². The fraction of sp³-hybridized carbons (Fsp3) is 0.562. The lowest BCUT2D eigenvalue weighted by molar-refractivity contribution is 0.0953. The molecule has 0 N–H and O–H groups in total. The Bertz CT molecular complexity index is 434. The van der Waals surface area contributed by atoms with Gasteiger partial charge in [0, 0.05) is 6.42 Å². The number of carbonyl (C=O) groups is 1. The van der Waals surface area contributed by atoms with Gasteiger partial charge < -0.3 is 4.74 Å². The molecule has 0 amide bonds. The zero-order valence-electron chi connectivity index (χ0n) is 11.5. The van der Waals surface area contributed by atoms with Crippen molar-refractivity contribution in [3.63, 3.8) is 0 Å². The Morgan fingerprint density at radius 2 is 1.95 bits per heavy atom. The van der Waals surface area contributed by atoms with Crippen molar-refractivity contribution in [2.45, 2.75) is 44.9 Å². The van der Waals surface area contributed by atoms with Crippen LogP contribution in [0, 0.1) is 11.7 Å². The highest BCUT2D eigenvalue weighted by Gasteiger charge is 2.20. The smallest absolute Gasteiger partial charge is 0.166 e. The van der Waals surface area contributed by atoms with Crippen LogP contribution in [0.4, 0.5) is 4.39 Å². The number of hydrogen-bond acceptors (Lipinski definition) is 2. The SMILES string of the molecule is COc1ccc(F)cc1C(=O)CC1CCCCCC1. The van der Waals surface area contributed by atoms with E-state index in [-0.39, 0.29) is 11.6 Å². The summed E-state index contributed by atoms with van der Waals surface area (Å²) < 4.78 is 18.4. The summed E-state index contributed by atoms with van der Waals surface area (Å²) in [5, 5.41) is 0. The van der Waals surface area contributed by atoms with E-state index in [1.165, 1.54) is 51.0 Å². The van der Waals surface area contributed by atoms with Crippen molar-refractivity contribution in [2.24, 2.45) is 5.92 Å². The molecule has 2 rings (SSSR count). The van der Waals surface area contributed by atoms with E-state index >= 15 is 0 Å². The number of Topliss-reactive ketones (excluding diaryl/α,β-unsaturated/α-hetero) is 1. The minimum absolute atomic E-state index is 0.00301. The first-order chi connectivity index (χ1) is 9.20. The summed E-state index contributed by atoms with van der Waals surface area (Å²) in [6.45, 7) is 0. The van der Waals surface area contributed by atoms with Crippen molar-refractivity contribution in [2.75, 3.05) is 7.11 Å². The third-order valence-electron chi connectivity index (χ3n) is 3.91. The molecule has 0 spiro atoms. The molecule has 0 saturated heterocycles. The molecule has 2 nitrogen and oxygen atoms in total. The molecular formula is C16H21FO2. The summed E-state index contributed by atoms with van der Waals surface area (Å²) in [6, 6.07) is 4.13. The van der Waals surface area contributed by atoms with Crippen molar-refractivity contribution < 1.29 is 13.9 Å². The van der Waals surface area contributed by atoms with Gasteiger partial charge in [-0.3, -0.25) is 4.79 Å². The highest BCUT2D eigenvalue weighted by atomic mass is 19.1. The van der Waals surface area contributed by atoms with Gasteiger partial charge in [-0.15, -0.1) is 0 Å². The van der Waals surface area contributed by atoms with Crippen LogP contribution in [-0.4, -0.2) is 12.9 Å². The third kappa shape index (κ3) is 3.79. The highest BCUT2D eigenvalue weighted by Crippen LogP contribution is 2.29. The number of hydrogen-bond donors (Lipinski definition) is 0. The predicted octanol–water partition coefficient (Wildman–Crippen LogP) is 4.38. The Hall–Kier alpha value is -1.38. The van der Waals surface area contributed by atoms with Crippen molar-refractivity contribution in [1.29, 1.82) is 0 Å². The quantitative estimate of drug-likeness (QED) is 0.596. The Balaban J connectivity index is 2.08. The largest absolute Gasteiger partial charge is 0.496 e. The lowest BCUT2D eigenvalue weighted by Crippen LogP contribution is -2.10. The molecular weight excluding hydrogens is 243 g/mol. The number of benzene rings is 1. The average Bonchev–Trinajstić information content (AvgIpc) is 2.67. The summed E-state index contributed by atoms with van der Waals surface area (Å²) in [6.07, 6.45) is 7.70. The Morgan fingerprint density at radius 3 is 2.58 bits per heavy atom. The fourth-order valence-corrected chi connectivity index (χ4v) is 2.84.